The van der Waals surface area contributed by atoms with Crippen molar-refractivity contribution in [1.82, 2.24) is 30.1 Å². The number of aromatic nitrogens is 3. The van der Waals surface area contributed by atoms with Gasteiger partial charge in [-0.2, -0.15) is 0 Å². The summed E-state index contributed by atoms with van der Waals surface area (Å²) < 4.78 is 1.95. The SMILES string of the molecule is CCNC(=NCc1nnc2ccccn12)NCCCCN1CCC(C(N)=O)CC1.I. The number of pyridine rings is 1. The van der Waals surface area contributed by atoms with Crippen LogP contribution < -0.4 is 16.4 Å². The van der Waals surface area contributed by atoms with Crippen LogP contribution in [0.1, 0.15) is 38.4 Å². The van der Waals surface area contributed by atoms with E-state index in [0.29, 0.717) is 6.54 Å². The molecule has 166 valence electrons. The molecule has 0 spiro atoms. The molecule has 0 aromatic carbocycles. The number of hydrogen-bond acceptors (Lipinski definition) is 5. The third-order valence-electron chi connectivity index (χ3n) is 5.29. The van der Waals surface area contributed by atoms with E-state index in [1.807, 2.05) is 28.8 Å². The maximum atomic E-state index is 11.2. The van der Waals surface area contributed by atoms with Gasteiger partial charge in [-0.1, -0.05) is 6.07 Å². The van der Waals surface area contributed by atoms with E-state index in [9.17, 15) is 4.79 Å². The minimum absolute atomic E-state index is 0. The van der Waals surface area contributed by atoms with Crippen molar-refractivity contribution in [2.45, 2.75) is 39.2 Å². The second-order valence-corrected chi connectivity index (χ2v) is 7.39. The molecule has 0 bridgehead atoms. The number of unbranched alkanes of at least 4 members (excludes halogenated alkanes) is 1. The van der Waals surface area contributed by atoms with Crippen molar-refractivity contribution < 1.29 is 4.79 Å². The monoisotopic (exact) mass is 528 g/mol. The predicted octanol–water partition coefficient (Wildman–Crippen LogP) is 1.38. The number of fused-ring (bicyclic) bond motifs is 1. The Morgan fingerprint density at radius 1 is 1.23 bits per heavy atom. The zero-order chi connectivity index (χ0) is 20.5. The number of nitrogens with one attached hydrogen (secondary N) is 2. The normalized spacial score (nSPS) is 15.7. The Morgan fingerprint density at radius 3 is 2.77 bits per heavy atom. The highest BCUT2D eigenvalue weighted by molar-refractivity contribution is 14.0. The van der Waals surface area contributed by atoms with Gasteiger partial charge in [0.15, 0.2) is 17.4 Å². The smallest absolute Gasteiger partial charge is 0.220 e. The minimum Gasteiger partial charge on any atom is -0.369 e. The fourth-order valence-electron chi connectivity index (χ4n) is 3.60. The van der Waals surface area contributed by atoms with E-state index in [1.54, 1.807) is 0 Å². The summed E-state index contributed by atoms with van der Waals surface area (Å²) in [5, 5.41) is 15.0. The number of piperidine rings is 1. The van der Waals surface area contributed by atoms with Gasteiger partial charge >= 0.3 is 0 Å². The first-order valence-electron chi connectivity index (χ1n) is 10.5. The van der Waals surface area contributed by atoms with Crippen molar-refractivity contribution >= 4 is 41.5 Å². The van der Waals surface area contributed by atoms with Crippen LogP contribution >= 0.6 is 24.0 Å². The average Bonchev–Trinajstić information content (AvgIpc) is 3.15. The number of likely N-dealkylation sites (tertiary alicyclic amines) is 1. The van der Waals surface area contributed by atoms with Crippen molar-refractivity contribution in [2.24, 2.45) is 16.6 Å². The third kappa shape index (κ3) is 7.08. The molecule has 0 radical (unpaired) electrons. The lowest BCUT2D eigenvalue weighted by molar-refractivity contribution is -0.123. The number of halogens is 1. The van der Waals surface area contributed by atoms with Gasteiger partial charge in [0.2, 0.25) is 5.91 Å². The van der Waals surface area contributed by atoms with Crippen LogP contribution in [0.4, 0.5) is 0 Å². The Hall–Kier alpha value is -1.95. The van der Waals surface area contributed by atoms with Crippen LogP contribution in [0, 0.1) is 5.92 Å². The highest BCUT2D eigenvalue weighted by atomic mass is 127. The number of nitrogens with two attached hydrogens (primary N) is 1. The molecule has 1 amide bonds. The molecule has 1 saturated heterocycles. The first kappa shape index (κ1) is 24.3. The Balaban J connectivity index is 0.00000320. The zero-order valence-corrected chi connectivity index (χ0v) is 19.9. The minimum atomic E-state index is -0.150. The van der Waals surface area contributed by atoms with E-state index in [-0.39, 0.29) is 35.8 Å². The Labute approximate surface area is 194 Å². The Bertz CT molecular complexity index is 816. The molecule has 4 N–H and O–H groups in total. The van der Waals surface area contributed by atoms with E-state index in [0.717, 1.165) is 75.8 Å². The maximum Gasteiger partial charge on any atom is 0.220 e. The molecule has 10 heteroatoms. The van der Waals surface area contributed by atoms with Crippen LogP contribution in [0.15, 0.2) is 29.4 Å². The van der Waals surface area contributed by atoms with Crippen LogP contribution in [-0.4, -0.2) is 64.1 Å². The van der Waals surface area contributed by atoms with E-state index < -0.39 is 0 Å². The van der Waals surface area contributed by atoms with Crippen molar-refractivity contribution in [3.05, 3.63) is 30.2 Å². The predicted molar refractivity (Wildman–Crippen MR) is 129 cm³/mol. The molecule has 2 aromatic rings. The van der Waals surface area contributed by atoms with Crippen LogP contribution in [-0.2, 0) is 11.3 Å². The summed E-state index contributed by atoms with van der Waals surface area (Å²) in [6.07, 6.45) is 5.91. The first-order chi connectivity index (χ1) is 14.2. The van der Waals surface area contributed by atoms with E-state index in [1.165, 1.54) is 0 Å². The zero-order valence-electron chi connectivity index (χ0n) is 17.6. The molecule has 1 aliphatic heterocycles. The van der Waals surface area contributed by atoms with Gasteiger partial charge in [0.25, 0.3) is 0 Å². The van der Waals surface area contributed by atoms with Gasteiger partial charge in [-0.05, 0) is 64.4 Å². The standard InChI is InChI=1S/C20H32N8O.HI/c1-2-22-20(24-15-18-26-25-17-7-3-5-12-28(17)18)23-10-4-6-11-27-13-8-16(9-14-27)19(21)29;/h3,5,7,12,16H,2,4,6,8-11,13-15H2,1H3,(H2,21,29)(H2,22,23,24);1H. The molecule has 0 saturated carbocycles. The second kappa shape index (κ2) is 12.7. The number of carbonyl (C=O) groups is 1. The third-order valence-corrected chi connectivity index (χ3v) is 5.29. The number of guanidine groups is 1. The number of hydrogen-bond donors (Lipinski definition) is 3. The summed E-state index contributed by atoms with van der Waals surface area (Å²) in [4.78, 5) is 18.3. The summed E-state index contributed by atoms with van der Waals surface area (Å²) in [6.45, 7) is 7.20. The molecule has 0 unspecified atom stereocenters. The maximum absolute atomic E-state index is 11.2. The van der Waals surface area contributed by atoms with E-state index >= 15 is 0 Å². The molecule has 0 atom stereocenters. The Morgan fingerprint density at radius 2 is 2.03 bits per heavy atom. The quantitative estimate of drug-likeness (QED) is 0.196. The van der Waals surface area contributed by atoms with Crippen LogP contribution in [0.3, 0.4) is 0 Å². The topological polar surface area (TPSA) is 113 Å². The lowest BCUT2D eigenvalue weighted by atomic mass is 9.96. The van der Waals surface area contributed by atoms with Gasteiger partial charge in [0.05, 0.1) is 0 Å². The molecule has 1 aliphatic rings. The molecule has 9 nitrogen and oxygen atoms in total. The molecular weight excluding hydrogens is 495 g/mol. The highest BCUT2D eigenvalue weighted by Crippen LogP contribution is 2.16. The van der Waals surface area contributed by atoms with Gasteiger partial charge in [-0.25, -0.2) is 4.99 Å². The van der Waals surface area contributed by atoms with E-state index in [2.05, 4.69) is 37.6 Å². The fraction of sp³-hybridized carbons (Fsp3) is 0.600. The molecule has 3 heterocycles. The lowest BCUT2D eigenvalue weighted by Crippen LogP contribution is -2.39. The van der Waals surface area contributed by atoms with Gasteiger partial charge < -0.3 is 21.3 Å². The molecular formula is C20H33IN8O. The molecule has 3 rings (SSSR count). The number of nitrogens with zero attached hydrogens (tertiary/aromatic N) is 5. The van der Waals surface area contributed by atoms with Gasteiger partial charge in [0.1, 0.15) is 6.54 Å². The lowest BCUT2D eigenvalue weighted by Gasteiger charge is -2.30. The summed E-state index contributed by atoms with van der Waals surface area (Å²) in [5.74, 6) is 1.53. The average molecular weight is 528 g/mol. The summed E-state index contributed by atoms with van der Waals surface area (Å²) in [7, 11) is 0. The van der Waals surface area contributed by atoms with Gasteiger partial charge in [0, 0.05) is 25.2 Å². The van der Waals surface area contributed by atoms with Crippen molar-refractivity contribution in [2.75, 3.05) is 32.7 Å². The van der Waals surface area contributed by atoms with E-state index in [4.69, 9.17) is 5.73 Å². The molecule has 1 fully saturated rings. The number of primary amides is 1. The first-order valence-corrected chi connectivity index (χ1v) is 10.5. The van der Waals surface area contributed by atoms with Crippen LogP contribution in [0.2, 0.25) is 0 Å². The number of aliphatic imine (C=N–C) groups is 1. The number of carbonyl (C=O) groups excluding carboxylic acids is 1. The Kier molecular flexibility index (Phi) is 10.3. The van der Waals surface area contributed by atoms with Gasteiger partial charge in [-0.3, -0.25) is 9.20 Å². The highest BCUT2D eigenvalue weighted by Gasteiger charge is 2.22. The summed E-state index contributed by atoms with van der Waals surface area (Å²) in [6, 6.07) is 5.84. The fourth-order valence-corrected chi connectivity index (χ4v) is 3.60. The largest absolute Gasteiger partial charge is 0.369 e. The van der Waals surface area contributed by atoms with Crippen LogP contribution in [0.25, 0.3) is 5.65 Å². The second-order valence-electron chi connectivity index (χ2n) is 7.39. The van der Waals surface area contributed by atoms with Crippen LogP contribution in [0.5, 0.6) is 0 Å². The number of rotatable bonds is 9. The number of amides is 1. The van der Waals surface area contributed by atoms with Crippen molar-refractivity contribution in [3.8, 4) is 0 Å². The molecule has 30 heavy (non-hydrogen) atoms. The molecule has 0 aliphatic carbocycles. The summed E-state index contributed by atoms with van der Waals surface area (Å²) in [5.41, 5.74) is 6.23. The summed E-state index contributed by atoms with van der Waals surface area (Å²) >= 11 is 0. The molecule has 2 aromatic heterocycles. The van der Waals surface area contributed by atoms with Crippen molar-refractivity contribution in [3.63, 3.8) is 0 Å². The van der Waals surface area contributed by atoms with Crippen molar-refractivity contribution in [1.29, 1.82) is 0 Å². The van der Waals surface area contributed by atoms with Gasteiger partial charge in [-0.15, -0.1) is 34.2 Å².